The van der Waals surface area contributed by atoms with Crippen LogP contribution in [-0.4, -0.2) is 56.8 Å². The van der Waals surface area contributed by atoms with Crippen LogP contribution < -0.4 is 11.2 Å². The predicted octanol–water partition coefficient (Wildman–Crippen LogP) is 0.844. The van der Waals surface area contributed by atoms with Gasteiger partial charge in [0.05, 0.1) is 0 Å². The Bertz CT molecular complexity index is 1190. The van der Waals surface area contributed by atoms with Gasteiger partial charge in [0.1, 0.15) is 18.2 Å². The SMILES string of the molecule is O=C1O[C@@H]2[C@H](O1)[C@@H](COC(=O)c1nc3ccccc3o1)O[C@H]2n1ccc(NO)nc1=O. The second kappa shape index (κ2) is 7.37. The van der Waals surface area contributed by atoms with Crippen molar-refractivity contribution < 1.29 is 38.2 Å². The Hall–Kier alpha value is -3.97. The Kier molecular flexibility index (Phi) is 4.52. The standard InChI is InChI=1S/C18H14N4O9/c23-16(14-19-8-3-1-2-4-9(8)28-14)27-7-10-12-13(31-18(25)30-12)15(29-10)22-6-5-11(21-26)20-17(22)24/h1-6,10,12-13,15,26H,7H2,(H,20,21,24)/t10-,12-,13-,15-/m1/s1. The van der Waals surface area contributed by atoms with Crippen molar-refractivity contribution in [2.45, 2.75) is 24.5 Å². The van der Waals surface area contributed by atoms with Crippen LogP contribution in [-0.2, 0) is 18.9 Å². The van der Waals surface area contributed by atoms with Crippen LogP contribution in [0, 0.1) is 0 Å². The number of anilines is 1. The van der Waals surface area contributed by atoms with E-state index in [0.29, 0.717) is 11.1 Å². The minimum atomic E-state index is -1.07. The Labute approximate surface area is 172 Å². The summed E-state index contributed by atoms with van der Waals surface area (Å²) < 4.78 is 27.7. The zero-order valence-corrected chi connectivity index (χ0v) is 15.5. The molecule has 0 radical (unpaired) electrons. The van der Waals surface area contributed by atoms with Gasteiger partial charge in [0.25, 0.3) is 0 Å². The number of ether oxygens (including phenoxy) is 4. The second-order valence-corrected chi connectivity index (χ2v) is 6.68. The van der Waals surface area contributed by atoms with Crippen molar-refractivity contribution in [1.82, 2.24) is 14.5 Å². The van der Waals surface area contributed by atoms with Crippen molar-refractivity contribution >= 4 is 29.0 Å². The van der Waals surface area contributed by atoms with Gasteiger partial charge in [-0.25, -0.2) is 19.4 Å². The number of carbonyl (C=O) groups excluding carboxylic acids is 2. The highest BCUT2D eigenvalue weighted by atomic mass is 16.8. The van der Waals surface area contributed by atoms with Crippen LogP contribution in [0.25, 0.3) is 11.1 Å². The smallest absolute Gasteiger partial charge is 0.456 e. The van der Waals surface area contributed by atoms with Gasteiger partial charge in [0, 0.05) is 6.20 Å². The lowest BCUT2D eigenvalue weighted by molar-refractivity contribution is -0.0773. The molecule has 160 valence electrons. The van der Waals surface area contributed by atoms with Crippen LogP contribution in [0.1, 0.15) is 16.9 Å². The van der Waals surface area contributed by atoms with Crippen molar-refractivity contribution in [3.63, 3.8) is 0 Å². The molecule has 2 saturated heterocycles. The molecule has 2 aliphatic heterocycles. The monoisotopic (exact) mass is 430 g/mol. The zero-order chi connectivity index (χ0) is 21.5. The summed E-state index contributed by atoms with van der Waals surface area (Å²) in [6, 6.07) is 8.15. The molecule has 0 aliphatic carbocycles. The number of oxazole rings is 1. The van der Waals surface area contributed by atoms with Gasteiger partial charge in [0.2, 0.25) is 0 Å². The van der Waals surface area contributed by atoms with E-state index in [2.05, 4.69) is 9.97 Å². The minimum Gasteiger partial charge on any atom is -0.456 e. The van der Waals surface area contributed by atoms with E-state index in [-0.39, 0.29) is 18.3 Å². The van der Waals surface area contributed by atoms with Crippen molar-refractivity contribution in [1.29, 1.82) is 0 Å². The van der Waals surface area contributed by atoms with E-state index in [0.717, 1.165) is 4.57 Å². The molecule has 13 heteroatoms. The summed E-state index contributed by atoms with van der Waals surface area (Å²) in [5.41, 5.74) is 1.92. The molecule has 31 heavy (non-hydrogen) atoms. The summed E-state index contributed by atoms with van der Waals surface area (Å²) >= 11 is 0. The fourth-order valence-electron chi connectivity index (χ4n) is 3.43. The minimum absolute atomic E-state index is 0.0701. The Morgan fingerprint density at radius 3 is 2.74 bits per heavy atom. The number of carbonyl (C=O) groups is 2. The predicted molar refractivity (Wildman–Crippen MR) is 97.2 cm³/mol. The summed E-state index contributed by atoms with van der Waals surface area (Å²) in [7, 11) is 0. The van der Waals surface area contributed by atoms with E-state index in [1.54, 1.807) is 29.7 Å². The van der Waals surface area contributed by atoms with Gasteiger partial charge < -0.3 is 23.4 Å². The zero-order valence-electron chi connectivity index (χ0n) is 15.5. The van der Waals surface area contributed by atoms with E-state index in [4.69, 9.17) is 28.6 Å². The number of nitrogens with zero attached hydrogens (tertiary/aromatic N) is 3. The molecule has 0 spiro atoms. The van der Waals surface area contributed by atoms with Crippen LogP contribution >= 0.6 is 0 Å². The molecule has 2 aromatic heterocycles. The first-order valence-electron chi connectivity index (χ1n) is 9.08. The number of hydrogen-bond acceptors (Lipinski definition) is 12. The van der Waals surface area contributed by atoms with E-state index in [9.17, 15) is 14.4 Å². The van der Waals surface area contributed by atoms with E-state index in [1.807, 2.05) is 0 Å². The summed E-state index contributed by atoms with van der Waals surface area (Å²) in [5, 5.41) is 8.87. The van der Waals surface area contributed by atoms with Crippen molar-refractivity contribution in [3.8, 4) is 0 Å². The van der Waals surface area contributed by atoms with Crippen LogP contribution in [0.15, 0.2) is 45.7 Å². The number of fused-ring (bicyclic) bond motifs is 2. The third kappa shape index (κ3) is 3.35. The molecule has 2 aliphatic rings. The lowest BCUT2D eigenvalue weighted by Crippen LogP contribution is -2.34. The van der Waals surface area contributed by atoms with Gasteiger partial charge in [-0.15, -0.1) is 0 Å². The molecule has 3 aromatic rings. The molecule has 2 N–H and O–H groups in total. The second-order valence-electron chi connectivity index (χ2n) is 6.68. The van der Waals surface area contributed by atoms with E-state index in [1.165, 1.54) is 12.3 Å². The lowest BCUT2D eigenvalue weighted by Gasteiger charge is -2.18. The largest absolute Gasteiger partial charge is 0.509 e. The first-order valence-corrected chi connectivity index (χ1v) is 9.08. The topological polar surface area (TPSA) is 164 Å². The lowest BCUT2D eigenvalue weighted by atomic mass is 10.1. The van der Waals surface area contributed by atoms with Gasteiger partial charge in [-0.05, 0) is 18.2 Å². The maximum atomic E-state index is 12.3. The molecule has 13 nitrogen and oxygen atoms in total. The highest BCUT2D eigenvalue weighted by molar-refractivity contribution is 5.88. The van der Waals surface area contributed by atoms with E-state index < -0.39 is 42.4 Å². The molecule has 4 atom stereocenters. The molecule has 1 aromatic carbocycles. The first-order chi connectivity index (χ1) is 15.0. The van der Waals surface area contributed by atoms with Crippen LogP contribution in [0.5, 0.6) is 0 Å². The number of nitrogens with one attached hydrogen (secondary N) is 1. The normalized spacial score (nSPS) is 24.5. The Morgan fingerprint density at radius 1 is 1.16 bits per heavy atom. The first kappa shape index (κ1) is 19.0. The summed E-state index contributed by atoms with van der Waals surface area (Å²) in [6.07, 6.45) is -3.51. The Balaban J connectivity index is 1.33. The number of hydrogen-bond donors (Lipinski definition) is 2. The number of para-hydroxylation sites is 2. The molecular weight excluding hydrogens is 416 g/mol. The molecular formula is C18H14N4O9. The summed E-state index contributed by atoms with van der Waals surface area (Å²) in [5.74, 6) is -1.14. The summed E-state index contributed by atoms with van der Waals surface area (Å²) in [4.78, 5) is 43.9. The third-order valence-electron chi connectivity index (χ3n) is 4.82. The van der Waals surface area contributed by atoms with Gasteiger partial charge in [-0.3, -0.25) is 15.3 Å². The molecule has 0 unspecified atom stereocenters. The average molecular weight is 430 g/mol. The number of benzene rings is 1. The van der Waals surface area contributed by atoms with Gasteiger partial charge in [0.15, 0.2) is 29.8 Å². The van der Waals surface area contributed by atoms with Crippen LogP contribution in [0.3, 0.4) is 0 Å². The maximum absolute atomic E-state index is 12.3. The van der Waals surface area contributed by atoms with Gasteiger partial charge in [-0.2, -0.15) is 4.98 Å². The number of aromatic nitrogens is 3. The van der Waals surface area contributed by atoms with Crippen molar-refractivity contribution in [2.75, 3.05) is 12.1 Å². The molecule has 0 saturated carbocycles. The molecule has 2 fully saturated rings. The van der Waals surface area contributed by atoms with Crippen LogP contribution in [0.2, 0.25) is 0 Å². The van der Waals surface area contributed by atoms with Gasteiger partial charge in [-0.1, -0.05) is 12.1 Å². The fourth-order valence-corrected chi connectivity index (χ4v) is 3.43. The third-order valence-corrected chi connectivity index (χ3v) is 4.82. The van der Waals surface area contributed by atoms with Gasteiger partial charge >= 0.3 is 23.7 Å². The average Bonchev–Trinajstić information content (AvgIpc) is 3.45. The molecule has 5 rings (SSSR count). The van der Waals surface area contributed by atoms with E-state index >= 15 is 0 Å². The fraction of sp³-hybridized carbons (Fsp3) is 0.278. The summed E-state index contributed by atoms with van der Waals surface area (Å²) in [6.45, 7) is -0.315. The number of rotatable bonds is 5. The van der Waals surface area contributed by atoms with Crippen molar-refractivity contribution in [3.05, 3.63) is 52.9 Å². The Morgan fingerprint density at radius 2 is 1.97 bits per heavy atom. The highest BCUT2D eigenvalue weighted by Gasteiger charge is 2.55. The van der Waals surface area contributed by atoms with Crippen LogP contribution in [0.4, 0.5) is 10.6 Å². The molecule has 0 bridgehead atoms. The highest BCUT2D eigenvalue weighted by Crippen LogP contribution is 2.37. The number of esters is 1. The van der Waals surface area contributed by atoms with Crippen molar-refractivity contribution in [2.24, 2.45) is 0 Å². The quantitative estimate of drug-likeness (QED) is 0.433. The molecule has 4 heterocycles. The molecule has 0 amide bonds. The maximum Gasteiger partial charge on any atom is 0.509 e.